The second-order valence-electron chi connectivity index (χ2n) is 4.05. The van der Waals surface area contributed by atoms with Crippen molar-refractivity contribution in [2.45, 2.75) is 0 Å². The van der Waals surface area contributed by atoms with Gasteiger partial charge in [-0.15, -0.1) is 0 Å². The van der Waals surface area contributed by atoms with Crippen molar-refractivity contribution in [1.29, 1.82) is 0 Å². The zero-order valence-electron chi connectivity index (χ0n) is 10.7. The zero-order chi connectivity index (χ0) is 13.9. The summed E-state index contributed by atoms with van der Waals surface area (Å²) in [5, 5.41) is 3.82. The lowest BCUT2D eigenvalue weighted by Crippen LogP contribution is -2.13. The van der Waals surface area contributed by atoms with Crippen molar-refractivity contribution in [2.24, 2.45) is 0 Å². The third-order valence-corrected chi connectivity index (χ3v) is 2.86. The highest BCUT2D eigenvalue weighted by Gasteiger charge is 2.14. The van der Waals surface area contributed by atoms with Gasteiger partial charge in [-0.1, -0.05) is 5.16 Å². The third-order valence-electron chi connectivity index (χ3n) is 2.86. The first-order valence-electron chi connectivity index (χ1n) is 5.93. The number of hydrogen-bond acceptors (Lipinski definition) is 5. The van der Waals surface area contributed by atoms with Gasteiger partial charge < -0.3 is 4.74 Å². The van der Waals surface area contributed by atoms with E-state index in [0.29, 0.717) is 11.5 Å². The van der Waals surface area contributed by atoms with Crippen molar-refractivity contribution in [2.75, 3.05) is 7.11 Å². The summed E-state index contributed by atoms with van der Waals surface area (Å²) in [7, 11) is 1.59. The molecule has 3 aromatic rings. The number of hydrogen-bond donors (Lipinski definition) is 0. The van der Waals surface area contributed by atoms with E-state index in [1.807, 2.05) is 12.1 Å². The van der Waals surface area contributed by atoms with E-state index in [4.69, 9.17) is 9.26 Å². The molecule has 0 radical (unpaired) electrons. The Bertz CT molecular complexity index is 760. The Morgan fingerprint density at radius 3 is 2.65 bits per heavy atom. The van der Waals surface area contributed by atoms with Gasteiger partial charge in [0.1, 0.15) is 5.75 Å². The molecule has 3 rings (SSSR count). The van der Waals surface area contributed by atoms with Gasteiger partial charge in [0.05, 0.1) is 19.0 Å². The molecule has 2 heterocycles. The van der Waals surface area contributed by atoms with Gasteiger partial charge in [0.25, 0.3) is 0 Å². The molecule has 0 unspecified atom stereocenters. The molecule has 0 saturated heterocycles. The molecule has 0 atom stereocenters. The molecule has 6 nitrogen and oxygen atoms in total. The monoisotopic (exact) mass is 269 g/mol. The summed E-state index contributed by atoms with van der Waals surface area (Å²) in [6.45, 7) is 0. The molecule has 100 valence electrons. The molecular formula is C14H11N3O3. The smallest absolute Gasteiger partial charge is 0.446 e. The van der Waals surface area contributed by atoms with Gasteiger partial charge in [-0.05, 0) is 36.4 Å². The number of nitrogens with zero attached hydrogens (tertiary/aromatic N) is 3. The van der Waals surface area contributed by atoms with Gasteiger partial charge in [-0.2, -0.15) is 0 Å². The quantitative estimate of drug-likeness (QED) is 0.726. The normalized spacial score (nSPS) is 10.4. The molecule has 0 aliphatic rings. The Morgan fingerprint density at radius 1 is 1.20 bits per heavy atom. The third kappa shape index (κ3) is 2.07. The van der Waals surface area contributed by atoms with E-state index in [-0.39, 0.29) is 0 Å². The Balaban J connectivity index is 2.13. The van der Waals surface area contributed by atoms with Crippen LogP contribution in [0, 0.1) is 0 Å². The van der Waals surface area contributed by atoms with Gasteiger partial charge in [-0.3, -0.25) is 9.51 Å². The molecule has 0 N–H and O–H groups in total. The highest BCUT2D eigenvalue weighted by molar-refractivity contribution is 5.58. The highest BCUT2D eigenvalue weighted by Crippen LogP contribution is 2.21. The Kier molecular flexibility index (Phi) is 3.04. The number of rotatable bonds is 3. The van der Waals surface area contributed by atoms with Crippen LogP contribution >= 0.6 is 0 Å². The Morgan fingerprint density at radius 2 is 2.00 bits per heavy atom. The summed E-state index contributed by atoms with van der Waals surface area (Å²) in [5.74, 6) is 0.599. The van der Waals surface area contributed by atoms with Crippen LogP contribution in [0.15, 0.2) is 58.1 Å². The minimum atomic E-state index is -0.552. The fourth-order valence-electron chi connectivity index (χ4n) is 1.89. The SMILES string of the molecule is COc1ccc(-c2noc(=O)n2-c2cccnc2)cc1. The molecule has 0 bridgehead atoms. The average molecular weight is 269 g/mol. The predicted octanol–water partition coefficient (Wildman–Crippen LogP) is 1.90. The van der Waals surface area contributed by atoms with Gasteiger partial charge in [0.2, 0.25) is 0 Å². The van der Waals surface area contributed by atoms with Crippen LogP contribution in [0.2, 0.25) is 0 Å². The second kappa shape index (κ2) is 5.00. The Labute approximate surface area is 114 Å². The first-order chi connectivity index (χ1) is 9.79. The minimum absolute atomic E-state index is 0.422. The van der Waals surface area contributed by atoms with Gasteiger partial charge in [0, 0.05) is 11.8 Å². The summed E-state index contributed by atoms with van der Waals surface area (Å²) in [6.07, 6.45) is 3.21. The van der Waals surface area contributed by atoms with E-state index < -0.39 is 5.76 Å². The van der Waals surface area contributed by atoms with Gasteiger partial charge in [-0.25, -0.2) is 9.36 Å². The standard InChI is InChI=1S/C14H11N3O3/c1-19-12-6-4-10(5-7-12)13-16-20-14(18)17(13)11-3-2-8-15-9-11/h2-9H,1H3. The maximum absolute atomic E-state index is 11.8. The van der Waals surface area contributed by atoms with E-state index in [1.165, 1.54) is 4.57 Å². The fourth-order valence-corrected chi connectivity index (χ4v) is 1.89. The summed E-state index contributed by atoms with van der Waals surface area (Å²) < 4.78 is 11.2. The van der Waals surface area contributed by atoms with Crippen molar-refractivity contribution in [3.8, 4) is 22.8 Å². The molecule has 1 aromatic carbocycles. The van der Waals surface area contributed by atoms with E-state index in [1.54, 1.807) is 43.8 Å². The number of ether oxygens (including phenoxy) is 1. The molecule has 0 spiro atoms. The van der Waals surface area contributed by atoms with Gasteiger partial charge in [0.15, 0.2) is 5.82 Å². The lowest BCUT2D eigenvalue weighted by molar-refractivity contribution is 0.383. The lowest BCUT2D eigenvalue weighted by atomic mass is 10.2. The first kappa shape index (κ1) is 12.2. The molecule has 20 heavy (non-hydrogen) atoms. The predicted molar refractivity (Wildman–Crippen MR) is 71.9 cm³/mol. The van der Waals surface area contributed by atoms with Crippen LogP contribution in [0.25, 0.3) is 17.1 Å². The van der Waals surface area contributed by atoms with Crippen LogP contribution in [0.5, 0.6) is 5.75 Å². The summed E-state index contributed by atoms with van der Waals surface area (Å²) in [5.41, 5.74) is 1.35. The maximum Gasteiger partial charge on any atom is 0.446 e. The van der Waals surface area contributed by atoms with Crippen LogP contribution in [-0.2, 0) is 0 Å². The second-order valence-corrected chi connectivity index (χ2v) is 4.05. The van der Waals surface area contributed by atoms with Crippen LogP contribution < -0.4 is 10.5 Å². The number of aromatic nitrogens is 3. The van der Waals surface area contributed by atoms with Crippen molar-refractivity contribution < 1.29 is 9.26 Å². The molecule has 2 aromatic heterocycles. The fraction of sp³-hybridized carbons (Fsp3) is 0.0714. The van der Waals surface area contributed by atoms with Crippen LogP contribution in [0.4, 0.5) is 0 Å². The largest absolute Gasteiger partial charge is 0.497 e. The molecule has 6 heteroatoms. The van der Waals surface area contributed by atoms with Crippen LogP contribution in [0.1, 0.15) is 0 Å². The van der Waals surface area contributed by atoms with E-state index in [0.717, 1.165) is 11.3 Å². The molecule has 0 aliphatic heterocycles. The average Bonchev–Trinajstić information content (AvgIpc) is 2.90. The van der Waals surface area contributed by atoms with Crippen molar-refractivity contribution >= 4 is 0 Å². The molecular weight excluding hydrogens is 258 g/mol. The maximum atomic E-state index is 11.8. The molecule has 0 saturated carbocycles. The number of methoxy groups -OCH3 is 1. The molecule has 0 aliphatic carbocycles. The summed E-state index contributed by atoms with van der Waals surface area (Å²) >= 11 is 0. The van der Waals surface area contributed by atoms with Crippen LogP contribution in [0.3, 0.4) is 0 Å². The van der Waals surface area contributed by atoms with Crippen molar-refractivity contribution in [3.63, 3.8) is 0 Å². The highest BCUT2D eigenvalue weighted by atomic mass is 16.5. The molecule has 0 amide bonds. The summed E-state index contributed by atoms with van der Waals surface area (Å²) in [6, 6.07) is 10.7. The van der Waals surface area contributed by atoms with Crippen LogP contribution in [-0.4, -0.2) is 21.8 Å². The van der Waals surface area contributed by atoms with Crippen molar-refractivity contribution in [1.82, 2.24) is 14.7 Å². The van der Waals surface area contributed by atoms with Gasteiger partial charge >= 0.3 is 5.76 Å². The van der Waals surface area contributed by atoms with E-state index in [2.05, 4.69) is 10.1 Å². The van der Waals surface area contributed by atoms with E-state index in [9.17, 15) is 4.79 Å². The van der Waals surface area contributed by atoms with Crippen molar-refractivity contribution in [3.05, 3.63) is 59.3 Å². The minimum Gasteiger partial charge on any atom is -0.497 e. The molecule has 0 fully saturated rings. The first-order valence-corrected chi connectivity index (χ1v) is 5.93. The summed E-state index contributed by atoms with van der Waals surface area (Å²) in [4.78, 5) is 15.8. The Hall–Kier alpha value is -2.89. The zero-order valence-corrected chi connectivity index (χ0v) is 10.7. The number of benzene rings is 1. The lowest BCUT2D eigenvalue weighted by Gasteiger charge is -2.04. The number of pyridine rings is 1. The topological polar surface area (TPSA) is 70.2 Å². The van der Waals surface area contributed by atoms with E-state index >= 15 is 0 Å².